The minimum atomic E-state index is -0.828. The van der Waals surface area contributed by atoms with Crippen LogP contribution >= 0.6 is 11.3 Å². The van der Waals surface area contributed by atoms with E-state index in [1.54, 1.807) is 18.4 Å². The number of carboxylic acid groups (broad SMARTS) is 1. The first kappa shape index (κ1) is 11.2. The molecule has 0 aliphatic rings. The molecule has 0 saturated heterocycles. The summed E-state index contributed by atoms with van der Waals surface area (Å²) in [7, 11) is 1.64. The summed E-state index contributed by atoms with van der Waals surface area (Å²) in [6, 6.07) is 3.48. The molecule has 4 nitrogen and oxygen atoms in total. The van der Waals surface area contributed by atoms with Crippen LogP contribution in [0.1, 0.15) is 4.88 Å². The highest BCUT2D eigenvalue weighted by Gasteiger charge is 2.13. The fraction of sp³-hybridized carbons (Fsp3) is 0.444. The highest BCUT2D eigenvalue weighted by Crippen LogP contribution is 2.06. The van der Waals surface area contributed by atoms with E-state index < -0.39 is 12.0 Å². The van der Waals surface area contributed by atoms with E-state index >= 15 is 0 Å². The lowest BCUT2D eigenvalue weighted by Gasteiger charge is -2.11. The fourth-order valence-electron chi connectivity index (χ4n) is 1.07. The number of carbonyl (C=O) groups is 1. The maximum atomic E-state index is 10.6. The van der Waals surface area contributed by atoms with Gasteiger partial charge in [-0.2, -0.15) is 0 Å². The third-order valence-electron chi connectivity index (χ3n) is 1.87. The molecule has 0 aromatic carbocycles. The van der Waals surface area contributed by atoms with Crippen LogP contribution in [0.4, 0.5) is 0 Å². The molecule has 0 spiro atoms. The lowest BCUT2D eigenvalue weighted by atomic mass is 10.3. The number of hydrogen-bond donors (Lipinski definition) is 3. The predicted molar refractivity (Wildman–Crippen MR) is 56.5 cm³/mol. The van der Waals surface area contributed by atoms with Crippen molar-refractivity contribution < 1.29 is 9.90 Å². The second-order valence-electron chi connectivity index (χ2n) is 2.89. The van der Waals surface area contributed by atoms with E-state index in [1.807, 2.05) is 17.5 Å². The van der Waals surface area contributed by atoms with Gasteiger partial charge < -0.3 is 15.7 Å². The van der Waals surface area contributed by atoms with Crippen LogP contribution in [0, 0.1) is 0 Å². The van der Waals surface area contributed by atoms with Crippen LogP contribution in [0.5, 0.6) is 0 Å². The van der Waals surface area contributed by atoms with E-state index in [2.05, 4.69) is 10.6 Å². The maximum Gasteiger partial charge on any atom is 0.322 e. The molecule has 1 aromatic heterocycles. The van der Waals surface area contributed by atoms with Crippen molar-refractivity contribution in [2.75, 3.05) is 13.6 Å². The Bertz CT molecular complexity index is 274. The molecule has 0 saturated carbocycles. The van der Waals surface area contributed by atoms with E-state index in [-0.39, 0.29) is 0 Å². The quantitative estimate of drug-likeness (QED) is 0.645. The van der Waals surface area contributed by atoms with Crippen molar-refractivity contribution in [3.05, 3.63) is 22.4 Å². The molecule has 5 heteroatoms. The van der Waals surface area contributed by atoms with Gasteiger partial charge in [0, 0.05) is 18.0 Å². The third kappa shape index (κ3) is 3.45. The molecule has 0 fully saturated rings. The fourth-order valence-corrected chi connectivity index (χ4v) is 1.74. The molecular weight excluding hydrogens is 200 g/mol. The summed E-state index contributed by atoms with van der Waals surface area (Å²) in [6.07, 6.45) is 0. The smallest absolute Gasteiger partial charge is 0.322 e. The van der Waals surface area contributed by atoms with Crippen LogP contribution in [0.25, 0.3) is 0 Å². The summed E-state index contributed by atoms with van der Waals surface area (Å²) in [4.78, 5) is 11.8. The van der Waals surface area contributed by atoms with Crippen LogP contribution in [-0.4, -0.2) is 30.7 Å². The van der Waals surface area contributed by atoms with Crippen molar-refractivity contribution in [3.8, 4) is 0 Å². The first-order chi connectivity index (χ1) is 6.74. The molecule has 1 unspecified atom stereocenters. The molecule has 78 valence electrons. The molecule has 1 rings (SSSR count). The van der Waals surface area contributed by atoms with E-state index in [1.165, 1.54) is 4.88 Å². The molecule has 14 heavy (non-hydrogen) atoms. The second-order valence-corrected chi connectivity index (χ2v) is 3.92. The summed E-state index contributed by atoms with van der Waals surface area (Å²) in [5.41, 5.74) is 0. The lowest BCUT2D eigenvalue weighted by molar-refractivity contribution is -0.139. The third-order valence-corrected chi connectivity index (χ3v) is 2.75. The van der Waals surface area contributed by atoms with Crippen LogP contribution < -0.4 is 10.6 Å². The number of carboxylic acids is 1. The molecule has 0 aliphatic heterocycles. The molecule has 0 radical (unpaired) electrons. The molecular formula is C9H14N2O2S. The van der Waals surface area contributed by atoms with Crippen molar-refractivity contribution in [1.29, 1.82) is 0 Å². The Hall–Kier alpha value is -0.910. The number of thiophene rings is 1. The second kappa shape index (κ2) is 5.74. The van der Waals surface area contributed by atoms with Crippen molar-refractivity contribution in [1.82, 2.24) is 10.6 Å². The predicted octanol–water partition coefficient (Wildman–Crippen LogP) is 0.510. The number of aliphatic carboxylic acids is 1. The van der Waals surface area contributed by atoms with Gasteiger partial charge in [0.15, 0.2) is 0 Å². The molecule has 0 aliphatic carbocycles. The van der Waals surface area contributed by atoms with Crippen molar-refractivity contribution in [3.63, 3.8) is 0 Å². The average Bonchev–Trinajstić information content (AvgIpc) is 2.64. The number of hydrogen-bond acceptors (Lipinski definition) is 4. The molecule has 0 amide bonds. The summed E-state index contributed by atoms with van der Waals surface area (Å²) in [6.45, 7) is 1.16. The monoisotopic (exact) mass is 214 g/mol. The van der Waals surface area contributed by atoms with Crippen LogP contribution in [0.2, 0.25) is 0 Å². The van der Waals surface area contributed by atoms with Gasteiger partial charge in [-0.3, -0.25) is 4.79 Å². The summed E-state index contributed by atoms with van der Waals surface area (Å²) >= 11 is 1.66. The summed E-state index contributed by atoms with van der Waals surface area (Å²) in [5.74, 6) is -0.828. The topological polar surface area (TPSA) is 61.4 Å². The lowest BCUT2D eigenvalue weighted by Crippen LogP contribution is -2.42. The summed E-state index contributed by atoms with van der Waals surface area (Å²) in [5, 5.41) is 16.5. The van der Waals surface area contributed by atoms with Gasteiger partial charge in [0.25, 0.3) is 0 Å². The average molecular weight is 214 g/mol. The Morgan fingerprint density at radius 1 is 1.71 bits per heavy atom. The van der Waals surface area contributed by atoms with Crippen LogP contribution in [0.3, 0.4) is 0 Å². The highest BCUT2D eigenvalue weighted by molar-refractivity contribution is 7.09. The maximum absolute atomic E-state index is 10.6. The highest BCUT2D eigenvalue weighted by atomic mass is 32.1. The first-order valence-corrected chi connectivity index (χ1v) is 5.25. The van der Waals surface area contributed by atoms with E-state index in [0.717, 1.165) is 6.54 Å². The zero-order chi connectivity index (χ0) is 10.4. The SMILES string of the molecule is CNC(CNCc1cccs1)C(=O)O. The number of likely N-dealkylation sites (N-methyl/N-ethyl adjacent to an activating group) is 1. The first-order valence-electron chi connectivity index (χ1n) is 4.37. The normalized spacial score (nSPS) is 12.6. The van der Waals surface area contributed by atoms with Crippen molar-refractivity contribution in [2.45, 2.75) is 12.6 Å². The standard InChI is InChI=1S/C9H14N2O2S/c1-10-8(9(12)13)6-11-5-7-3-2-4-14-7/h2-4,8,10-11H,5-6H2,1H3,(H,12,13). The van der Waals surface area contributed by atoms with Crippen LogP contribution in [-0.2, 0) is 11.3 Å². The van der Waals surface area contributed by atoms with Gasteiger partial charge in [0.1, 0.15) is 6.04 Å². The minimum absolute atomic E-state index is 0.434. The van der Waals surface area contributed by atoms with E-state index in [0.29, 0.717) is 6.54 Å². The number of rotatable bonds is 6. The Kier molecular flexibility index (Phi) is 4.58. The zero-order valence-electron chi connectivity index (χ0n) is 7.99. The van der Waals surface area contributed by atoms with Gasteiger partial charge >= 0.3 is 5.97 Å². The molecule has 3 N–H and O–H groups in total. The Balaban J connectivity index is 2.23. The van der Waals surface area contributed by atoms with Crippen molar-refractivity contribution >= 4 is 17.3 Å². The van der Waals surface area contributed by atoms with Gasteiger partial charge in [0.2, 0.25) is 0 Å². The Morgan fingerprint density at radius 3 is 3.00 bits per heavy atom. The largest absolute Gasteiger partial charge is 0.480 e. The van der Waals surface area contributed by atoms with Crippen molar-refractivity contribution in [2.24, 2.45) is 0 Å². The number of nitrogens with one attached hydrogen (secondary N) is 2. The van der Waals surface area contributed by atoms with Crippen LogP contribution in [0.15, 0.2) is 17.5 Å². The van der Waals surface area contributed by atoms with Gasteiger partial charge in [-0.05, 0) is 18.5 Å². The molecule has 1 aromatic rings. The molecule has 1 atom stereocenters. The van der Waals surface area contributed by atoms with E-state index in [9.17, 15) is 4.79 Å². The van der Waals surface area contributed by atoms with Gasteiger partial charge in [0.05, 0.1) is 0 Å². The Labute approximate surface area is 87.0 Å². The minimum Gasteiger partial charge on any atom is -0.480 e. The summed E-state index contributed by atoms with van der Waals surface area (Å²) < 4.78 is 0. The van der Waals surface area contributed by atoms with Gasteiger partial charge in [-0.1, -0.05) is 6.07 Å². The van der Waals surface area contributed by atoms with Gasteiger partial charge in [-0.15, -0.1) is 11.3 Å². The van der Waals surface area contributed by atoms with E-state index in [4.69, 9.17) is 5.11 Å². The molecule has 0 bridgehead atoms. The van der Waals surface area contributed by atoms with Gasteiger partial charge in [-0.25, -0.2) is 0 Å². The molecule has 1 heterocycles. The zero-order valence-corrected chi connectivity index (χ0v) is 8.80. The Morgan fingerprint density at radius 2 is 2.50 bits per heavy atom.